The van der Waals surface area contributed by atoms with Crippen molar-refractivity contribution in [1.29, 1.82) is 0 Å². The van der Waals surface area contributed by atoms with Crippen molar-refractivity contribution in [1.82, 2.24) is 15.6 Å². The van der Waals surface area contributed by atoms with E-state index in [-0.39, 0.29) is 18.4 Å². The molecule has 0 aliphatic carbocycles. The first-order chi connectivity index (χ1) is 9.10. The number of rotatable bonds is 4. The van der Waals surface area contributed by atoms with Crippen molar-refractivity contribution in [2.75, 3.05) is 13.1 Å². The van der Waals surface area contributed by atoms with Crippen LogP contribution in [0.15, 0.2) is 28.7 Å². The fourth-order valence-electron chi connectivity index (χ4n) is 1.74. The second-order valence-electron chi connectivity index (χ2n) is 4.05. The fourth-order valence-corrected chi connectivity index (χ4v) is 2.12. The molecule has 3 N–H and O–H groups in total. The average molecular weight is 324 g/mol. The molecule has 0 spiro atoms. The van der Waals surface area contributed by atoms with Crippen molar-refractivity contribution in [2.24, 2.45) is 0 Å². The number of carbonyl (C=O) groups is 2. The lowest BCUT2D eigenvalue weighted by atomic mass is 10.2. The molecular formula is C13H14BrN3O2. The van der Waals surface area contributed by atoms with Gasteiger partial charge in [0.05, 0.1) is 6.54 Å². The van der Waals surface area contributed by atoms with Crippen LogP contribution in [0.5, 0.6) is 0 Å². The number of fused-ring (bicyclic) bond motifs is 1. The summed E-state index contributed by atoms with van der Waals surface area (Å²) < 4.78 is 0.952. The smallest absolute Gasteiger partial charge is 0.268 e. The van der Waals surface area contributed by atoms with Gasteiger partial charge in [-0.25, -0.2) is 0 Å². The first kappa shape index (κ1) is 13.6. The van der Waals surface area contributed by atoms with Crippen LogP contribution < -0.4 is 10.6 Å². The number of hydrogen-bond acceptors (Lipinski definition) is 2. The Morgan fingerprint density at radius 2 is 2.05 bits per heavy atom. The van der Waals surface area contributed by atoms with Crippen molar-refractivity contribution in [3.05, 3.63) is 34.4 Å². The van der Waals surface area contributed by atoms with Crippen molar-refractivity contribution >= 4 is 38.6 Å². The number of nitrogens with one attached hydrogen (secondary N) is 3. The molecule has 0 bridgehead atoms. The van der Waals surface area contributed by atoms with Crippen LogP contribution in [0.2, 0.25) is 0 Å². The molecular weight excluding hydrogens is 310 g/mol. The van der Waals surface area contributed by atoms with E-state index in [2.05, 4.69) is 31.5 Å². The molecule has 0 aliphatic heterocycles. The molecule has 1 aromatic carbocycles. The summed E-state index contributed by atoms with van der Waals surface area (Å²) in [7, 11) is 0. The van der Waals surface area contributed by atoms with Gasteiger partial charge in [-0.15, -0.1) is 0 Å². The van der Waals surface area contributed by atoms with Gasteiger partial charge in [0.2, 0.25) is 5.91 Å². The number of aromatic amines is 1. The predicted octanol–water partition coefficient (Wildman–Crippen LogP) is 1.80. The quantitative estimate of drug-likeness (QED) is 0.802. The second-order valence-corrected chi connectivity index (χ2v) is 4.97. The number of H-pyrrole nitrogens is 1. The van der Waals surface area contributed by atoms with E-state index in [0.29, 0.717) is 12.2 Å². The van der Waals surface area contributed by atoms with Crippen molar-refractivity contribution in [3.63, 3.8) is 0 Å². The summed E-state index contributed by atoms with van der Waals surface area (Å²) in [5, 5.41) is 6.12. The van der Waals surface area contributed by atoms with E-state index in [9.17, 15) is 9.59 Å². The van der Waals surface area contributed by atoms with E-state index in [1.807, 2.05) is 25.1 Å². The van der Waals surface area contributed by atoms with Gasteiger partial charge >= 0.3 is 0 Å². The summed E-state index contributed by atoms with van der Waals surface area (Å²) in [6.45, 7) is 2.36. The Kier molecular flexibility index (Phi) is 4.21. The maximum absolute atomic E-state index is 11.9. The normalized spacial score (nSPS) is 10.4. The third-order valence-electron chi connectivity index (χ3n) is 2.61. The van der Waals surface area contributed by atoms with Crippen molar-refractivity contribution < 1.29 is 9.59 Å². The van der Waals surface area contributed by atoms with E-state index in [1.54, 1.807) is 6.07 Å². The zero-order chi connectivity index (χ0) is 13.8. The largest absolute Gasteiger partial charge is 0.355 e. The van der Waals surface area contributed by atoms with Crippen LogP contribution in [0.1, 0.15) is 17.4 Å². The summed E-state index contributed by atoms with van der Waals surface area (Å²) in [6, 6.07) is 7.47. The lowest BCUT2D eigenvalue weighted by Crippen LogP contribution is -2.36. The highest BCUT2D eigenvalue weighted by molar-refractivity contribution is 9.10. The second kappa shape index (κ2) is 5.88. The van der Waals surface area contributed by atoms with Crippen molar-refractivity contribution in [3.8, 4) is 0 Å². The Morgan fingerprint density at radius 3 is 2.79 bits per heavy atom. The molecule has 0 aliphatic rings. The van der Waals surface area contributed by atoms with E-state index in [0.717, 1.165) is 15.4 Å². The summed E-state index contributed by atoms with van der Waals surface area (Å²) in [6.07, 6.45) is 0. The number of halogens is 1. The van der Waals surface area contributed by atoms with Crippen LogP contribution >= 0.6 is 15.9 Å². The Hall–Kier alpha value is -1.82. The third kappa shape index (κ3) is 3.35. The molecule has 1 heterocycles. The van der Waals surface area contributed by atoms with Crippen LogP contribution in [0.4, 0.5) is 0 Å². The lowest BCUT2D eigenvalue weighted by Gasteiger charge is -2.03. The minimum Gasteiger partial charge on any atom is -0.355 e. The minimum atomic E-state index is -0.293. The highest BCUT2D eigenvalue weighted by Gasteiger charge is 2.10. The number of aromatic nitrogens is 1. The molecule has 2 amide bonds. The van der Waals surface area contributed by atoms with E-state index in [1.165, 1.54) is 0 Å². The SMILES string of the molecule is CCNC(=O)CNC(=O)c1cc2cc(Br)ccc2[nH]1. The molecule has 0 atom stereocenters. The fraction of sp³-hybridized carbons (Fsp3) is 0.231. The number of carbonyl (C=O) groups excluding carboxylic acids is 2. The maximum atomic E-state index is 11.9. The summed E-state index contributed by atoms with van der Waals surface area (Å²) in [5.41, 5.74) is 1.32. The van der Waals surface area contributed by atoms with Crippen LogP contribution in [0.25, 0.3) is 10.9 Å². The van der Waals surface area contributed by atoms with Gasteiger partial charge in [-0.1, -0.05) is 15.9 Å². The number of amides is 2. The molecule has 19 heavy (non-hydrogen) atoms. The first-order valence-corrected chi connectivity index (χ1v) is 6.72. The van der Waals surface area contributed by atoms with Crippen LogP contribution in [-0.4, -0.2) is 29.9 Å². The zero-order valence-electron chi connectivity index (χ0n) is 10.4. The monoisotopic (exact) mass is 323 g/mol. The van der Waals surface area contributed by atoms with Crippen LogP contribution in [0.3, 0.4) is 0 Å². The van der Waals surface area contributed by atoms with E-state index >= 15 is 0 Å². The lowest BCUT2D eigenvalue weighted by molar-refractivity contribution is -0.120. The number of hydrogen-bond donors (Lipinski definition) is 3. The molecule has 0 fully saturated rings. The standard InChI is InChI=1S/C13H14BrN3O2/c1-2-15-12(18)7-16-13(19)11-6-8-5-9(14)3-4-10(8)17-11/h3-6,17H,2,7H2,1H3,(H,15,18)(H,16,19). The summed E-state index contributed by atoms with van der Waals surface area (Å²) >= 11 is 3.38. The molecule has 0 unspecified atom stereocenters. The highest BCUT2D eigenvalue weighted by Crippen LogP contribution is 2.20. The van der Waals surface area contributed by atoms with Gasteiger partial charge in [0.25, 0.3) is 5.91 Å². The molecule has 2 aromatic rings. The molecule has 0 saturated carbocycles. The van der Waals surface area contributed by atoms with E-state index in [4.69, 9.17) is 0 Å². The van der Waals surface area contributed by atoms with E-state index < -0.39 is 0 Å². The molecule has 5 nitrogen and oxygen atoms in total. The Balaban J connectivity index is 2.07. The van der Waals surface area contributed by atoms with Gasteiger partial charge in [0, 0.05) is 21.9 Å². The van der Waals surface area contributed by atoms with Gasteiger partial charge in [0.1, 0.15) is 5.69 Å². The summed E-state index contributed by atoms with van der Waals surface area (Å²) in [5.74, 6) is -0.492. The van der Waals surface area contributed by atoms with Gasteiger partial charge < -0.3 is 15.6 Å². The number of benzene rings is 1. The predicted molar refractivity (Wildman–Crippen MR) is 77.0 cm³/mol. The van der Waals surface area contributed by atoms with Crippen molar-refractivity contribution in [2.45, 2.75) is 6.92 Å². The van der Waals surface area contributed by atoms with Crippen LogP contribution in [-0.2, 0) is 4.79 Å². The third-order valence-corrected chi connectivity index (χ3v) is 3.10. The molecule has 2 rings (SSSR count). The average Bonchev–Trinajstić information content (AvgIpc) is 2.79. The molecule has 6 heteroatoms. The maximum Gasteiger partial charge on any atom is 0.268 e. The van der Waals surface area contributed by atoms with Crippen LogP contribution in [0, 0.1) is 0 Å². The van der Waals surface area contributed by atoms with Gasteiger partial charge in [-0.3, -0.25) is 9.59 Å². The minimum absolute atomic E-state index is 0.0221. The molecule has 1 aromatic heterocycles. The Morgan fingerprint density at radius 1 is 1.26 bits per heavy atom. The summed E-state index contributed by atoms with van der Waals surface area (Å²) in [4.78, 5) is 26.1. The molecule has 0 radical (unpaired) electrons. The Bertz CT molecular complexity index is 621. The first-order valence-electron chi connectivity index (χ1n) is 5.93. The molecule has 100 valence electrons. The van der Waals surface area contributed by atoms with Gasteiger partial charge in [-0.2, -0.15) is 0 Å². The number of likely N-dealkylation sites (N-methyl/N-ethyl adjacent to an activating group) is 1. The molecule has 0 saturated heterocycles. The van der Waals surface area contributed by atoms with Gasteiger partial charge in [0.15, 0.2) is 0 Å². The van der Waals surface area contributed by atoms with Gasteiger partial charge in [-0.05, 0) is 31.2 Å². The topological polar surface area (TPSA) is 74.0 Å². The Labute approximate surface area is 118 Å². The highest BCUT2D eigenvalue weighted by atomic mass is 79.9. The zero-order valence-corrected chi connectivity index (χ0v) is 12.0.